The number of nitriles is 7. The maximum absolute atomic E-state index is 9.90. The van der Waals surface area contributed by atoms with Crippen molar-refractivity contribution in [3.05, 3.63) is 11.3 Å². The van der Waals surface area contributed by atoms with E-state index >= 15 is 0 Å². The van der Waals surface area contributed by atoms with Crippen LogP contribution in [0.25, 0.3) is 5.41 Å². The first kappa shape index (κ1) is 14.0. The van der Waals surface area contributed by atoms with E-state index in [0.717, 1.165) is 0 Å². The minimum Gasteiger partial charge on any atom is -0.764 e. The van der Waals surface area contributed by atoms with Gasteiger partial charge in [-0.1, -0.05) is 0 Å². The second kappa shape index (κ2) is 4.02. The Labute approximate surface area is 113 Å². The van der Waals surface area contributed by atoms with Crippen LogP contribution in [0.5, 0.6) is 0 Å². The monoisotopic (exact) mass is 256 g/mol. The molecule has 0 N–H and O–H groups in total. The molecule has 0 amide bonds. The van der Waals surface area contributed by atoms with Crippen LogP contribution in [0.4, 0.5) is 0 Å². The standard InChI is InChI=1S/C12N8/c13-1-8-9(20)11(4-16,5-17)12(6-18,7-19)10(8,2-14)3-15. The normalized spacial score (nSPS) is 19.9. The zero-order chi connectivity index (χ0) is 15.6. The molecule has 0 atom stereocenters. The number of rotatable bonds is 0. The predicted octanol–water partition coefficient (Wildman–Crippen LogP) is 0.209. The highest BCUT2D eigenvalue weighted by atomic mass is 14.8. The van der Waals surface area contributed by atoms with Gasteiger partial charge in [0, 0.05) is 5.71 Å². The van der Waals surface area contributed by atoms with Crippen LogP contribution in [-0.2, 0) is 0 Å². The first-order chi connectivity index (χ1) is 9.47. The minimum absolute atomic E-state index is 0.936. The lowest BCUT2D eigenvalue weighted by molar-refractivity contribution is 0.298. The lowest BCUT2D eigenvalue weighted by Gasteiger charge is -2.24. The molecule has 88 valence electrons. The molecule has 0 aromatic carbocycles. The molecule has 0 aromatic rings. The molecule has 1 aliphatic carbocycles. The van der Waals surface area contributed by atoms with Gasteiger partial charge in [-0.3, -0.25) is 0 Å². The van der Waals surface area contributed by atoms with Gasteiger partial charge < -0.3 is 5.41 Å². The SMILES string of the molecule is N#C[C+]1C(=[N-])C(C#N)(C#N)C(C#N)(C#N)C1(C#N)C#N. The lowest BCUT2D eigenvalue weighted by Crippen LogP contribution is -2.45. The Balaban J connectivity index is 4.14. The fourth-order valence-electron chi connectivity index (χ4n) is 2.11. The van der Waals surface area contributed by atoms with Crippen LogP contribution >= 0.6 is 0 Å². The fourth-order valence-corrected chi connectivity index (χ4v) is 2.11. The first-order valence-electron chi connectivity index (χ1n) is 4.79. The third kappa shape index (κ3) is 0.941. The molecule has 0 radical (unpaired) electrons. The highest BCUT2D eigenvalue weighted by Crippen LogP contribution is 2.63. The van der Waals surface area contributed by atoms with E-state index in [9.17, 15) is 15.9 Å². The molecule has 0 aliphatic heterocycles. The molecule has 0 saturated heterocycles. The highest BCUT2D eigenvalue weighted by molar-refractivity contribution is 6.16. The van der Waals surface area contributed by atoms with Crippen LogP contribution in [0.3, 0.4) is 0 Å². The van der Waals surface area contributed by atoms with Crippen molar-refractivity contribution in [2.45, 2.75) is 0 Å². The summed E-state index contributed by atoms with van der Waals surface area (Å²) >= 11 is 0. The third-order valence-corrected chi connectivity index (χ3v) is 3.21. The highest BCUT2D eigenvalue weighted by Gasteiger charge is 2.86. The van der Waals surface area contributed by atoms with Crippen LogP contribution in [0.2, 0.25) is 0 Å². The molecular weight excluding hydrogens is 256 g/mol. The van der Waals surface area contributed by atoms with Gasteiger partial charge in [0.1, 0.15) is 12.1 Å². The molecule has 0 spiro atoms. The van der Waals surface area contributed by atoms with E-state index in [4.69, 9.17) is 26.3 Å². The molecular formula is C12N8. The predicted molar refractivity (Wildman–Crippen MR) is 58.2 cm³/mol. The van der Waals surface area contributed by atoms with Gasteiger partial charge in [-0.15, -0.1) is 5.26 Å². The van der Waals surface area contributed by atoms with Gasteiger partial charge in [0.05, 0.1) is 24.3 Å². The molecule has 0 heterocycles. The van der Waals surface area contributed by atoms with E-state index in [1.807, 2.05) is 0 Å². The van der Waals surface area contributed by atoms with Crippen molar-refractivity contribution in [2.75, 3.05) is 0 Å². The van der Waals surface area contributed by atoms with E-state index in [1.165, 1.54) is 42.5 Å². The molecule has 1 aliphatic rings. The van der Waals surface area contributed by atoms with Gasteiger partial charge in [0.2, 0.25) is 5.41 Å². The van der Waals surface area contributed by atoms with Crippen molar-refractivity contribution < 1.29 is 0 Å². The summed E-state index contributed by atoms with van der Waals surface area (Å²) in [5.74, 6) is -0.936. The summed E-state index contributed by atoms with van der Waals surface area (Å²) in [7, 11) is 0. The van der Waals surface area contributed by atoms with Crippen LogP contribution in [0.1, 0.15) is 0 Å². The minimum atomic E-state index is -2.83. The van der Waals surface area contributed by atoms with Crippen molar-refractivity contribution >= 4 is 5.71 Å². The van der Waals surface area contributed by atoms with Gasteiger partial charge in [-0.25, -0.2) is 0 Å². The molecule has 8 heteroatoms. The molecule has 0 bridgehead atoms. The Kier molecular flexibility index (Phi) is 2.82. The summed E-state index contributed by atoms with van der Waals surface area (Å²) in [5.41, 5.74) is -9.55. The largest absolute Gasteiger partial charge is 0.764 e. The van der Waals surface area contributed by atoms with Gasteiger partial charge >= 0.3 is 5.41 Å². The fraction of sp³-hybridized carbons (Fsp3) is 0.250. The quantitative estimate of drug-likeness (QED) is 0.552. The van der Waals surface area contributed by atoms with Crippen LogP contribution in [0, 0.1) is 101 Å². The van der Waals surface area contributed by atoms with Crippen molar-refractivity contribution in [1.29, 1.82) is 36.8 Å². The zero-order valence-electron chi connectivity index (χ0n) is 9.58. The molecule has 0 unspecified atom stereocenters. The van der Waals surface area contributed by atoms with E-state index < -0.39 is 27.9 Å². The molecule has 20 heavy (non-hydrogen) atoms. The van der Waals surface area contributed by atoms with Crippen molar-refractivity contribution in [1.82, 2.24) is 0 Å². The molecule has 8 nitrogen and oxygen atoms in total. The topological polar surface area (TPSA) is 189 Å². The van der Waals surface area contributed by atoms with Crippen LogP contribution in [0.15, 0.2) is 0 Å². The number of hydrogen-bond acceptors (Lipinski definition) is 7. The lowest BCUT2D eigenvalue weighted by atomic mass is 9.58. The third-order valence-electron chi connectivity index (χ3n) is 3.21. The first-order valence-corrected chi connectivity index (χ1v) is 4.79. The summed E-state index contributed by atoms with van der Waals surface area (Å²) in [6.07, 6.45) is 0. The summed E-state index contributed by atoms with van der Waals surface area (Å²) in [6.45, 7) is 0. The Morgan fingerprint density at radius 3 is 1.45 bits per heavy atom. The maximum atomic E-state index is 9.90. The maximum Gasteiger partial charge on any atom is 0.333 e. The molecule has 1 rings (SSSR count). The van der Waals surface area contributed by atoms with Crippen LogP contribution < -0.4 is 0 Å². The van der Waals surface area contributed by atoms with E-state index in [0.29, 0.717) is 0 Å². The van der Waals surface area contributed by atoms with Crippen molar-refractivity contribution in [3.8, 4) is 42.5 Å². The summed E-state index contributed by atoms with van der Waals surface area (Å²) in [6, 6.07) is 9.17. The summed E-state index contributed by atoms with van der Waals surface area (Å²) < 4.78 is 0. The van der Waals surface area contributed by atoms with E-state index in [1.54, 1.807) is 0 Å². The molecule has 1 saturated carbocycles. The zero-order valence-corrected chi connectivity index (χ0v) is 9.58. The van der Waals surface area contributed by atoms with Gasteiger partial charge in [0.15, 0.2) is 0 Å². The Bertz CT molecular complexity index is 744. The Morgan fingerprint density at radius 1 is 0.750 bits per heavy atom. The van der Waals surface area contributed by atoms with Gasteiger partial charge in [-0.05, 0) is 0 Å². The second-order valence-corrected chi connectivity index (χ2v) is 3.76. The average molecular weight is 256 g/mol. The van der Waals surface area contributed by atoms with Crippen LogP contribution in [-0.4, -0.2) is 5.71 Å². The van der Waals surface area contributed by atoms with Crippen molar-refractivity contribution in [3.63, 3.8) is 0 Å². The average Bonchev–Trinajstić information content (AvgIpc) is 2.68. The Hall–Kier alpha value is -4.03. The van der Waals surface area contributed by atoms with Gasteiger partial charge in [-0.2, -0.15) is 31.6 Å². The number of hydrogen-bond donors (Lipinski definition) is 0. The summed E-state index contributed by atoms with van der Waals surface area (Å²) in [4.78, 5) is 0. The molecule has 1 fully saturated rings. The number of nitrogens with zero attached hydrogens (tertiary/aromatic N) is 8. The van der Waals surface area contributed by atoms with E-state index in [-0.39, 0.29) is 0 Å². The van der Waals surface area contributed by atoms with Gasteiger partial charge in [0.25, 0.3) is 17.4 Å². The summed E-state index contributed by atoms with van der Waals surface area (Å²) in [5, 5.41) is 73.9. The second-order valence-electron chi connectivity index (χ2n) is 3.76. The van der Waals surface area contributed by atoms with Crippen molar-refractivity contribution in [2.24, 2.45) is 16.2 Å². The Morgan fingerprint density at radius 2 is 1.20 bits per heavy atom. The van der Waals surface area contributed by atoms with E-state index in [2.05, 4.69) is 0 Å². The smallest absolute Gasteiger partial charge is 0.333 e. The molecule has 0 aromatic heterocycles.